The van der Waals surface area contributed by atoms with Crippen LogP contribution in [0.5, 0.6) is 0 Å². The largest absolute Gasteiger partial charge is 0.462 e. The molecule has 2 rings (SSSR count). The predicted octanol–water partition coefficient (Wildman–Crippen LogP) is 2.01. The summed E-state index contributed by atoms with van der Waals surface area (Å²) in [4.78, 5) is 41.2. The number of benzene rings is 1. The SMILES string of the molecule is CCOC(=O)c1cnc(SCC(=O)Nc2ccc(F)c([N+](=O)[O-])c2)nc1N. The zero-order chi connectivity index (χ0) is 20.0. The second-order valence-corrected chi connectivity index (χ2v) is 5.87. The molecule has 0 fully saturated rings. The number of thioether (sulfide) groups is 1. The Hall–Kier alpha value is -3.28. The van der Waals surface area contributed by atoms with Crippen LogP contribution in [-0.4, -0.2) is 39.1 Å². The number of anilines is 2. The molecule has 142 valence electrons. The number of ether oxygens (including phenoxy) is 1. The van der Waals surface area contributed by atoms with E-state index in [1.54, 1.807) is 6.92 Å². The zero-order valence-corrected chi connectivity index (χ0v) is 14.8. The number of hydrogen-bond donors (Lipinski definition) is 2. The Bertz CT molecular complexity index is 895. The van der Waals surface area contributed by atoms with Crippen LogP contribution in [-0.2, 0) is 9.53 Å². The van der Waals surface area contributed by atoms with Gasteiger partial charge in [-0.05, 0) is 19.1 Å². The van der Waals surface area contributed by atoms with Gasteiger partial charge >= 0.3 is 11.7 Å². The number of nitro groups is 1. The standard InChI is InChI=1S/C15H14FN5O5S/c1-2-26-14(23)9-6-18-15(20-13(9)17)27-7-12(22)19-8-3-4-10(16)11(5-8)21(24)25/h3-6H,2,7H2,1H3,(H,19,22)(H2,17,18,20). The number of nitro benzene ring substituents is 1. The number of carbonyl (C=O) groups is 2. The monoisotopic (exact) mass is 395 g/mol. The maximum Gasteiger partial charge on any atom is 0.343 e. The van der Waals surface area contributed by atoms with Gasteiger partial charge in [0.05, 0.1) is 17.3 Å². The first-order valence-electron chi connectivity index (χ1n) is 7.48. The van der Waals surface area contributed by atoms with Gasteiger partial charge in [0.25, 0.3) is 0 Å². The Morgan fingerprint density at radius 3 is 2.81 bits per heavy atom. The van der Waals surface area contributed by atoms with Crippen LogP contribution < -0.4 is 11.1 Å². The second kappa shape index (κ2) is 8.89. The van der Waals surface area contributed by atoms with Crippen molar-refractivity contribution in [2.75, 3.05) is 23.4 Å². The van der Waals surface area contributed by atoms with Crippen LogP contribution in [0.1, 0.15) is 17.3 Å². The fourth-order valence-electron chi connectivity index (χ4n) is 1.87. The number of halogens is 1. The van der Waals surface area contributed by atoms with Gasteiger partial charge in [0.15, 0.2) is 5.16 Å². The average Bonchev–Trinajstić information content (AvgIpc) is 2.61. The third-order valence-electron chi connectivity index (χ3n) is 3.05. The van der Waals surface area contributed by atoms with Crippen LogP contribution in [0.25, 0.3) is 0 Å². The van der Waals surface area contributed by atoms with Crippen LogP contribution in [0.15, 0.2) is 29.6 Å². The molecular weight excluding hydrogens is 381 g/mol. The van der Waals surface area contributed by atoms with E-state index in [1.807, 2.05) is 0 Å². The van der Waals surface area contributed by atoms with E-state index >= 15 is 0 Å². The third kappa shape index (κ3) is 5.34. The second-order valence-electron chi connectivity index (χ2n) is 4.93. The molecule has 1 heterocycles. The molecule has 1 aromatic carbocycles. The first-order valence-corrected chi connectivity index (χ1v) is 8.46. The van der Waals surface area contributed by atoms with Crippen molar-refractivity contribution in [2.24, 2.45) is 0 Å². The number of nitrogens with zero attached hydrogens (tertiary/aromatic N) is 3. The molecule has 3 N–H and O–H groups in total. The van der Waals surface area contributed by atoms with Crippen molar-refractivity contribution in [1.29, 1.82) is 0 Å². The Morgan fingerprint density at radius 1 is 1.44 bits per heavy atom. The summed E-state index contributed by atoms with van der Waals surface area (Å²) in [6, 6.07) is 3.01. The van der Waals surface area contributed by atoms with Crippen LogP contribution >= 0.6 is 11.8 Å². The van der Waals surface area contributed by atoms with E-state index in [2.05, 4.69) is 15.3 Å². The first kappa shape index (κ1) is 20.0. The topological polar surface area (TPSA) is 150 Å². The van der Waals surface area contributed by atoms with E-state index < -0.39 is 28.3 Å². The van der Waals surface area contributed by atoms with Gasteiger partial charge in [-0.15, -0.1) is 0 Å². The number of carbonyl (C=O) groups excluding carboxylic acids is 2. The molecule has 2 aromatic rings. The van der Waals surface area contributed by atoms with Gasteiger partial charge in [0.2, 0.25) is 11.7 Å². The van der Waals surface area contributed by atoms with Crippen molar-refractivity contribution in [3.8, 4) is 0 Å². The van der Waals surface area contributed by atoms with E-state index in [0.717, 1.165) is 23.9 Å². The highest BCUT2D eigenvalue weighted by Crippen LogP contribution is 2.22. The molecule has 0 aliphatic heterocycles. The van der Waals surface area contributed by atoms with Crippen molar-refractivity contribution >= 4 is 40.8 Å². The summed E-state index contributed by atoms with van der Waals surface area (Å²) in [6.07, 6.45) is 1.20. The van der Waals surface area contributed by atoms with Gasteiger partial charge in [-0.1, -0.05) is 11.8 Å². The smallest absolute Gasteiger partial charge is 0.343 e. The molecule has 1 aromatic heterocycles. The lowest BCUT2D eigenvalue weighted by Crippen LogP contribution is -2.15. The lowest BCUT2D eigenvalue weighted by molar-refractivity contribution is -0.387. The molecule has 0 aliphatic carbocycles. The molecule has 0 saturated carbocycles. The molecule has 0 bridgehead atoms. The minimum atomic E-state index is -1.00. The molecule has 12 heteroatoms. The highest BCUT2D eigenvalue weighted by molar-refractivity contribution is 7.99. The summed E-state index contributed by atoms with van der Waals surface area (Å²) in [7, 11) is 0. The molecule has 27 heavy (non-hydrogen) atoms. The highest BCUT2D eigenvalue weighted by atomic mass is 32.2. The minimum Gasteiger partial charge on any atom is -0.462 e. The fraction of sp³-hybridized carbons (Fsp3) is 0.200. The van der Waals surface area contributed by atoms with E-state index in [-0.39, 0.29) is 34.6 Å². The maximum absolute atomic E-state index is 13.3. The summed E-state index contributed by atoms with van der Waals surface area (Å²) < 4.78 is 18.1. The third-order valence-corrected chi connectivity index (χ3v) is 3.91. The number of hydrogen-bond acceptors (Lipinski definition) is 9. The Kier molecular flexibility index (Phi) is 6.60. The van der Waals surface area contributed by atoms with Gasteiger partial charge < -0.3 is 15.8 Å². The van der Waals surface area contributed by atoms with Crippen molar-refractivity contribution in [2.45, 2.75) is 12.1 Å². The van der Waals surface area contributed by atoms with E-state index in [0.29, 0.717) is 0 Å². The summed E-state index contributed by atoms with van der Waals surface area (Å²) in [5, 5.41) is 13.3. The van der Waals surface area contributed by atoms with Gasteiger partial charge in [0, 0.05) is 18.0 Å². The minimum absolute atomic E-state index is 0.0178. The van der Waals surface area contributed by atoms with Gasteiger partial charge in [-0.2, -0.15) is 4.39 Å². The summed E-state index contributed by atoms with van der Waals surface area (Å²) >= 11 is 0.935. The number of nitrogens with two attached hydrogens (primary N) is 1. The van der Waals surface area contributed by atoms with Crippen LogP contribution in [0.2, 0.25) is 0 Å². The molecule has 1 amide bonds. The van der Waals surface area contributed by atoms with Crippen molar-refractivity contribution in [1.82, 2.24) is 9.97 Å². The lowest BCUT2D eigenvalue weighted by atomic mass is 10.2. The molecule has 0 aliphatic rings. The first-order chi connectivity index (χ1) is 12.8. The molecule has 0 radical (unpaired) electrons. The van der Waals surface area contributed by atoms with Crippen LogP contribution in [0.3, 0.4) is 0 Å². The van der Waals surface area contributed by atoms with E-state index in [9.17, 15) is 24.1 Å². The fourth-order valence-corrected chi connectivity index (χ4v) is 2.49. The quantitative estimate of drug-likeness (QED) is 0.236. The van der Waals surface area contributed by atoms with E-state index in [4.69, 9.17) is 10.5 Å². The zero-order valence-electron chi connectivity index (χ0n) is 14.0. The number of esters is 1. The summed E-state index contributed by atoms with van der Waals surface area (Å²) in [5.41, 5.74) is 5.03. The normalized spacial score (nSPS) is 10.3. The van der Waals surface area contributed by atoms with Crippen LogP contribution in [0.4, 0.5) is 21.6 Å². The summed E-state index contributed by atoms with van der Waals surface area (Å²) in [5.74, 6) is -2.39. The van der Waals surface area contributed by atoms with Crippen molar-refractivity contribution in [3.05, 3.63) is 45.9 Å². The maximum atomic E-state index is 13.3. The molecule has 0 unspecified atom stereocenters. The van der Waals surface area contributed by atoms with Gasteiger partial charge in [-0.3, -0.25) is 14.9 Å². The van der Waals surface area contributed by atoms with Gasteiger partial charge in [0.1, 0.15) is 11.4 Å². The number of nitrogen functional groups attached to an aromatic ring is 1. The van der Waals surface area contributed by atoms with Gasteiger partial charge in [-0.25, -0.2) is 14.8 Å². The lowest BCUT2D eigenvalue weighted by Gasteiger charge is -2.07. The van der Waals surface area contributed by atoms with Crippen molar-refractivity contribution < 1.29 is 23.6 Å². The average molecular weight is 395 g/mol. The number of aromatic nitrogens is 2. The highest BCUT2D eigenvalue weighted by Gasteiger charge is 2.17. The summed E-state index contributed by atoms with van der Waals surface area (Å²) in [6.45, 7) is 1.82. The Morgan fingerprint density at radius 2 is 2.19 bits per heavy atom. The molecule has 0 atom stereocenters. The molecule has 0 spiro atoms. The number of amides is 1. The Balaban J connectivity index is 1.98. The number of nitrogens with one attached hydrogen (secondary N) is 1. The van der Waals surface area contributed by atoms with Crippen molar-refractivity contribution in [3.63, 3.8) is 0 Å². The van der Waals surface area contributed by atoms with Crippen LogP contribution in [0, 0.1) is 15.9 Å². The van der Waals surface area contributed by atoms with E-state index in [1.165, 1.54) is 12.3 Å². The molecular formula is C15H14FN5O5S. The molecule has 10 nitrogen and oxygen atoms in total. The Labute approximate surface area is 156 Å². The predicted molar refractivity (Wildman–Crippen MR) is 94.8 cm³/mol. The number of rotatable bonds is 7. The molecule has 0 saturated heterocycles.